The quantitative estimate of drug-likeness (QED) is 0.756. The molecule has 4 rings (SSSR count). The van der Waals surface area contributed by atoms with Crippen LogP contribution in [-0.2, 0) is 0 Å². The number of piperidine rings is 1. The Bertz CT molecular complexity index is 814. The standard InChI is InChI=1S/C20H22ClN5O/c21-17-11-24-20(25-12-17)26-4-1-15(2-5-26)19-8-16(19)3-6-27-18-7-14(9-22)10-23-13-18/h7,10-13,15-16,19H,1-6,8H2. The van der Waals surface area contributed by atoms with E-state index in [-0.39, 0.29) is 0 Å². The maximum atomic E-state index is 8.91. The third kappa shape index (κ3) is 4.48. The predicted octanol–water partition coefficient (Wildman–Crippen LogP) is 3.72. The fourth-order valence-corrected chi connectivity index (χ4v) is 4.16. The van der Waals surface area contributed by atoms with Crippen LogP contribution in [0.4, 0.5) is 5.95 Å². The van der Waals surface area contributed by atoms with Crippen LogP contribution in [0.3, 0.4) is 0 Å². The largest absolute Gasteiger partial charge is 0.492 e. The molecular weight excluding hydrogens is 362 g/mol. The Labute approximate surface area is 164 Å². The summed E-state index contributed by atoms with van der Waals surface area (Å²) in [4.78, 5) is 14.9. The number of nitrogens with zero attached hydrogens (tertiary/aromatic N) is 5. The lowest BCUT2D eigenvalue weighted by atomic mass is 9.90. The van der Waals surface area contributed by atoms with E-state index in [0.717, 1.165) is 43.2 Å². The molecule has 1 aliphatic carbocycles. The van der Waals surface area contributed by atoms with Gasteiger partial charge in [-0.3, -0.25) is 4.98 Å². The molecule has 0 N–H and O–H groups in total. The van der Waals surface area contributed by atoms with Crippen molar-refractivity contribution in [3.05, 3.63) is 41.4 Å². The van der Waals surface area contributed by atoms with Gasteiger partial charge in [0.1, 0.15) is 11.8 Å². The molecule has 1 saturated carbocycles. The summed E-state index contributed by atoms with van der Waals surface area (Å²) in [6.07, 6.45) is 11.3. The lowest BCUT2D eigenvalue weighted by Gasteiger charge is -2.32. The fourth-order valence-electron chi connectivity index (χ4n) is 4.06. The molecule has 2 aromatic heterocycles. The van der Waals surface area contributed by atoms with Gasteiger partial charge in [0.25, 0.3) is 0 Å². The average Bonchev–Trinajstić information content (AvgIpc) is 3.48. The summed E-state index contributed by atoms with van der Waals surface area (Å²) in [5.41, 5.74) is 0.535. The Kier molecular flexibility index (Phi) is 5.40. The SMILES string of the molecule is N#Cc1cncc(OCCC2CC2C2CCN(c3ncc(Cl)cn3)CC2)c1. The summed E-state index contributed by atoms with van der Waals surface area (Å²) in [7, 11) is 0. The highest BCUT2D eigenvalue weighted by molar-refractivity contribution is 6.30. The Morgan fingerprint density at radius 1 is 1.19 bits per heavy atom. The van der Waals surface area contributed by atoms with Crippen molar-refractivity contribution < 1.29 is 4.74 Å². The van der Waals surface area contributed by atoms with Crippen molar-refractivity contribution in [3.63, 3.8) is 0 Å². The summed E-state index contributed by atoms with van der Waals surface area (Å²) in [5, 5.41) is 9.48. The van der Waals surface area contributed by atoms with Crippen LogP contribution >= 0.6 is 11.6 Å². The van der Waals surface area contributed by atoms with Crippen molar-refractivity contribution in [3.8, 4) is 11.8 Å². The number of aromatic nitrogens is 3. The lowest BCUT2D eigenvalue weighted by Crippen LogP contribution is -2.35. The number of ether oxygens (including phenoxy) is 1. The monoisotopic (exact) mass is 383 g/mol. The van der Waals surface area contributed by atoms with Crippen molar-refractivity contribution in [2.24, 2.45) is 17.8 Å². The first-order valence-electron chi connectivity index (χ1n) is 9.43. The van der Waals surface area contributed by atoms with Gasteiger partial charge in [-0.2, -0.15) is 5.26 Å². The summed E-state index contributed by atoms with van der Waals surface area (Å²) in [5.74, 6) is 3.85. The molecule has 7 heteroatoms. The second kappa shape index (κ2) is 8.10. The highest BCUT2D eigenvalue weighted by Crippen LogP contribution is 2.49. The normalized spacial score (nSPS) is 22.3. The van der Waals surface area contributed by atoms with E-state index in [0.29, 0.717) is 22.9 Å². The van der Waals surface area contributed by atoms with Crippen molar-refractivity contribution >= 4 is 17.5 Å². The summed E-state index contributed by atoms with van der Waals surface area (Å²) in [6.45, 7) is 2.71. The molecule has 0 radical (unpaired) electrons. The molecule has 3 heterocycles. The van der Waals surface area contributed by atoms with E-state index in [1.165, 1.54) is 19.3 Å². The third-order valence-corrected chi connectivity index (χ3v) is 5.81. The molecule has 2 unspecified atom stereocenters. The molecular formula is C20H22ClN5O. The van der Waals surface area contributed by atoms with Crippen LogP contribution in [0.1, 0.15) is 31.2 Å². The lowest BCUT2D eigenvalue weighted by molar-refractivity contribution is 0.283. The van der Waals surface area contributed by atoms with Crippen molar-refractivity contribution in [1.29, 1.82) is 5.26 Å². The molecule has 2 fully saturated rings. The molecule has 0 aromatic carbocycles. The highest BCUT2D eigenvalue weighted by atomic mass is 35.5. The molecule has 2 aromatic rings. The number of rotatable bonds is 6. The van der Waals surface area contributed by atoms with Gasteiger partial charge in [0.05, 0.1) is 35.8 Å². The summed E-state index contributed by atoms with van der Waals surface area (Å²) in [6, 6.07) is 3.83. The van der Waals surface area contributed by atoms with Crippen LogP contribution in [0.25, 0.3) is 0 Å². The maximum Gasteiger partial charge on any atom is 0.225 e. The second-order valence-corrected chi connectivity index (χ2v) is 7.78. The minimum atomic E-state index is 0.535. The smallest absolute Gasteiger partial charge is 0.225 e. The second-order valence-electron chi connectivity index (χ2n) is 7.34. The molecule has 1 saturated heterocycles. The molecule has 27 heavy (non-hydrogen) atoms. The van der Waals surface area contributed by atoms with E-state index < -0.39 is 0 Å². The van der Waals surface area contributed by atoms with Crippen LogP contribution < -0.4 is 9.64 Å². The first kappa shape index (κ1) is 18.0. The van der Waals surface area contributed by atoms with E-state index >= 15 is 0 Å². The zero-order valence-corrected chi connectivity index (χ0v) is 15.8. The van der Waals surface area contributed by atoms with Crippen LogP contribution in [0.2, 0.25) is 5.02 Å². The molecule has 140 valence electrons. The Balaban J connectivity index is 1.19. The Hall–Kier alpha value is -2.39. The zero-order chi connectivity index (χ0) is 18.6. The van der Waals surface area contributed by atoms with Gasteiger partial charge in [-0.1, -0.05) is 11.6 Å². The van der Waals surface area contributed by atoms with Crippen LogP contribution in [0, 0.1) is 29.1 Å². The minimum absolute atomic E-state index is 0.535. The van der Waals surface area contributed by atoms with Gasteiger partial charge in [-0.15, -0.1) is 0 Å². The summed E-state index contributed by atoms with van der Waals surface area (Å²) < 4.78 is 5.77. The average molecular weight is 384 g/mol. The van der Waals surface area contributed by atoms with Gasteiger partial charge in [0.15, 0.2) is 0 Å². The minimum Gasteiger partial charge on any atom is -0.492 e. The van der Waals surface area contributed by atoms with Gasteiger partial charge in [-0.25, -0.2) is 9.97 Å². The first-order chi connectivity index (χ1) is 13.2. The molecule has 2 atom stereocenters. The molecule has 6 nitrogen and oxygen atoms in total. The zero-order valence-electron chi connectivity index (χ0n) is 15.1. The van der Waals surface area contributed by atoms with Crippen LogP contribution in [0.15, 0.2) is 30.9 Å². The van der Waals surface area contributed by atoms with Crippen LogP contribution in [0.5, 0.6) is 5.75 Å². The van der Waals surface area contributed by atoms with Gasteiger partial charge in [-0.05, 0) is 43.4 Å². The highest BCUT2D eigenvalue weighted by Gasteiger charge is 2.43. The van der Waals surface area contributed by atoms with Crippen molar-refractivity contribution in [2.75, 3.05) is 24.6 Å². The number of anilines is 1. The maximum absolute atomic E-state index is 8.91. The van der Waals surface area contributed by atoms with E-state index in [1.54, 1.807) is 30.9 Å². The van der Waals surface area contributed by atoms with Gasteiger partial charge in [0.2, 0.25) is 5.95 Å². The van der Waals surface area contributed by atoms with Crippen LogP contribution in [-0.4, -0.2) is 34.6 Å². The Morgan fingerprint density at radius 3 is 2.70 bits per heavy atom. The number of halogens is 1. The molecule has 0 amide bonds. The summed E-state index contributed by atoms with van der Waals surface area (Å²) >= 11 is 5.86. The topological polar surface area (TPSA) is 74.9 Å². The van der Waals surface area contributed by atoms with Gasteiger partial charge >= 0.3 is 0 Å². The predicted molar refractivity (Wildman–Crippen MR) is 103 cm³/mol. The molecule has 2 aliphatic rings. The number of nitriles is 1. The first-order valence-corrected chi connectivity index (χ1v) is 9.81. The molecule has 1 aliphatic heterocycles. The van der Waals surface area contributed by atoms with Crippen molar-refractivity contribution in [1.82, 2.24) is 15.0 Å². The fraction of sp³-hybridized carbons (Fsp3) is 0.500. The number of pyridine rings is 1. The van der Waals surface area contributed by atoms with E-state index in [4.69, 9.17) is 21.6 Å². The molecule has 0 bridgehead atoms. The van der Waals surface area contributed by atoms with E-state index in [2.05, 4.69) is 25.9 Å². The molecule has 0 spiro atoms. The van der Waals surface area contributed by atoms with Gasteiger partial charge in [0, 0.05) is 25.4 Å². The van der Waals surface area contributed by atoms with Gasteiger partial charge < -0.3 is 9.64 Å². The van der Waals surface area contributed by atoms with E-state index in [9.17, 15) is 0 Å². The number of hydrogen-bond acceptors (Lipinski definition) is 6. The number of hydrogen-bond donors (Lipinski definition) is 0. The Morgan fingerprint density at radius 2 is 1.96 bits per heavy atom. The van der Waals surface area contributed by atoms with E-state index in [1.807, 2.05) is 0 Å². The van der Waals surface area contributed by atoms with Crippen molar-refractivity contribution in [2.45, 2.75) is 25.7 Å². The third-order valence-electron chi connectivity index (χ3n) is 5.61.